The minimum Gasteiger partial charge on any atom is -0.497 e. The molecule has 1 atom stereocenters. The highest BCUT2D eigenvalue weighted by molar-refractivity contribution is 5.77. The number of hydrazine groups is 1. The fourth-order valence-electron chi connectivity index (χ4n) is 1.80. The Morgan fingerprint density at radius 3 is 2.65 bits per heavy atom. The van der Waals surface area contributed by atoms with Crippen LogP contribution in [0.25, 0.3) is 0 Å². The molecule has 0 aliphatic carbocycles. The van der Waals surface area contributed by atoms with Gasteiger partial charge in [-0.05, 0) is 17.7 Å². The molecule has 1 aromatic carbocycles. The van der Waals surface area contributed by atoms with E-state index in [0.717, 1.165) is 11.3 Å². The zero-order valence-corrected chi connectivity index (χ0v) is 9.51. The molecule has 2 rings (SSSR count). The lowest BCUT2D eigenvalue weighted by Gasteiger charge is -2.21. The first-order valence-electron chi connectivity index (χ1n) is 5.34. The first kappa shape index (κ1) is 11.4. The number of hydrogen-bond donors (Lipinski definition) is 1. The van der Waals surface area contributed by atoms with Crippen LogP contribution in [0.4, 0.5) is 0 Å². The Kier molecular flexibility index (Phi) is 3.26. The van der Waals surface area contributed by atoms with E-state index in [1.807, 2.05) is 12.1 Å². The van der Waals surface area contributed by atoms with Gasteiger partial charge in [0.1, 0.15) is 11.8 Å². The molecule has 1 amide bonds. The van der Waals surface area contributed by atoms with Gasteiger partial charge < -0.3 is 4.74 Å². The Morgan fingerprint density at radius 2 is 2.18 bits per heavy atom. The van der Waals surface area contributed by atoms with Gasteiger partial charge in [-0.1, -0.05) is 12.1 Å². The largest absolute Gasteiger partial charge is 0.497 e. The number of rotatable bonds is 3. The fraction of sp³-hybridized carbons (Fsp3) is 0.333. The molecule has 5 heteroatoms. The fourth-order valence-corrected chi connectivity index (χ4v) is 1.80. The van der Waals surface area contributed by atoms with Gasteiger partial charge in [0.15, 0.2) is 0 Å². The third-order valence-corrected chi connectivity index (χ3v) is 2.71. The molecule has 0 saturated carbocycles. The van der Waals surface area contributed by atoms with Crippen molar-refractivity contribution in [3.63, 3.8) is 0 Å². The van der Waals surface area contributed by atoms with E-state index < -0.39 is 6.04 Å². The Labute approximate surface area is 99.6 Å². The second kappa shape index (κ2) is 4.85. The quantitative estimate of drug-likeness (QED) is 0.842. The van der Waals surface area contributed by atoms with E-state index >= 15 is 0 Å². The molecule has 0 bridgehead atoms. The van der Waals surface area contributed by atoms with Crippen LogP contribution in [0, 0.1) is 11.3 Å². The lowest BCUT2D eigenvalue weighted by molar-refractivity contribution is -0.121. The smallest absolute Gasteiger partial charge is 0.235 e. The molecule has 1 saturated heterocycles. The van der Waals surface area contributed by atoms with Gasteiger partial charge in [0.2, 0.25) is 5.91 Å². The van der Waals surface area contributed by atoms with Gasteiger partial charge in [0, 0.05) is 13.0 Å². The van der Waals surface area contributed by atoms with Crippen molar-refractivity contribution in [2.75, 3.05) is 13.7 Å². The summed E-state index contributed by atoms with van der Waals surface area (Å²) in [6.45, 7) is 0.559. The maximum atomic E-state index is 11.1. The lowest BCUT2D eigenvalue weighted by atomic mass is 10.1. The molecule has 88 valence electrons. The zero-order valence-electron chi connectivity index (χ0n) is 9.51. The monoisotopic (exact) mass is 231 g/mol. The summed E-state index contributed by atoms with van der Waals surface area (Å²) in [5.74, 6) is 0.703. The predicted octanol–water partition coefficient (Wildman–Crippen LogP) is 0.997. The summed E-state index contributed by atoms with van der Waals surface area (Å²) in [7, 11) is 1.59. The van der Waals surface area contributed by atoms with Crippen LogP contribution in [-0.4, -0.2) is 24.6 Å². The van der Waals surface area contributed by atoms with E-state index in [9.17, 15) is 10.1 Å². The summed E-state index contributed by atoms with van der Waals surface area (Å²) in [6, 6.07) is 9.00. The van der Waals surface area contributed by atoms with Gasteiger partial charge in [0.05, 0.1) is 13.2 Å². The number of nitrogens with zero attached hydrogens (tertiary/aromatic N) is 2. The van der Waals surface area contributed by atoms with Crippen molar-refractivity contribution < 1.29 is 9.53 Å². The highest BCUT2D eigenvalue weighted by Crippen LogP contribution is 2.23. The molecule has 1 fully saturated rings. The van der Waals surface area contributed by atoms with Crippen LogP contribution in [-0.2, 0) is 4.79 Å². The molecule has 5 nitrogen and oxygen atoms in total. The van der Waals surface area contributed by atoms with Crippen LogP contribution >= 0.6 is 0 Å². The number of hydrogen-bond acceptors (Lipinski definition) is 4. The van der Waals surface area contributed by atoms with Crippen molar-refractivity contribution in [1.82, 2.24) is 10.4 Å². The maximum absolute atomic E-state index is 11.1. The molecular formula is C12H13N3O2. The average Bonchev–Trinajstić information content (AvgIpc) is 2.78. The molecule has 0 spiro atoms. The Balaban J connectivity index is 2.17. The van der Waals surface area contributed by atoms with E-state index in [0.29, 0.717) is 13.0 Å². The lowest BCUT2D eigenvalue weighted by Crippen LogP contribution is -2.36. The van der Waals surface area contributed by atoms with Crippen LogP contribution in [0.1, 0.15) is 18.0 Å². The van der Waals surface area contributed by atoms with E-state index in [1.54, 1.807) is 24.3 Å². The van der Waals surface area contributed by atoms with Crippen molar-refractivity contribution >= 4 is 5.91 Å². The first-order valence-corrected chi connectivity index (χ1v) is 5.34. The number of methoxy groups -OCH3 is 1. The van der Waals surface area contributed by atoms with Crippen LogP contribution in [0.3, 0.4) is 0 Å². The Hall–Kier alpha value is -2.06. The van der Waals surface area contributed by atoms with Crippen LogP contribution < -0.4 is 10.2 Å². The average molecular weight is 231 g/mol. The molecule has 1 aliphatic rings. The van der Waals surface area contributed by atoms with Gasteiger partial charge in [-0.15, -0.1) is 0 Å². The number of amides is 1. The summed E-state index contributed by atoms with van der Waals surface area (Å²) >= 11 is 0. The highest BCUT2D eigenvalue weighted by atomic mass is 16.5. The Morgan fingerprint density at radius 1 is 1.47 bits per heavy atom. The van der Waals surface area contributed by atoms with Gasteiger partial charge in [-0.3, -0.25) is 10.2 Å². The van der Waals surface area contributed by atoms with Crippen molar-refractivity contribution in [2.24, 2.45) is 0 Å². The zero-order chi connectivity index (χ0) is 12.3. The van der Waals surface area contributed by atoms with Crippen molar-refractivity contribution in [3.05, 3.63) is 29.8 Å². The minimum atomic E-state index is -0.452. The van der Waals surface area contributed by atoms with E-state index in [-0.39, 0.29) is 5.91 Å². The number of carbonyl (C=O) groups excluding carboxylic acids is 1. The number of ether oxygens (including phenoxy) is 1. The molecule has 1 N–H and O–H groups in total. The maximum Gasteiger partial charge on any atom is 0.235 e. The molecule has 0 radical (unpaired) electrons. The van der Waals surface area contributed by atoms with Gasteiger partial charge in [-0.2, -0.15) is 10.3 Å². The number of benzene rings is 1. The van der Waals surface area contributed by atoms with Crippen molar-refractivity contribution in [1.29, 1.82) is 5.26 Å². The number of nitriles is 1. The molecular weight excluding hydrogens is 218 g/mol. The van der Waals surface area contributed by atoms with Crippen LogP contribution in [0.5, 0.6) is 5.75 Å². The van der Waals surface area contributed by atoms with E-state index in [4.69, 9.17) is 4.74 Å². The summed E-state index contributed by atoms with van der Waals surface area (Å²) in [5.41, 5.74) is 3.52. The van der Waals surface area contributed by atoms with E-state index in [2.05, 4.69) is 11.5 Å². The summed E-state index contributed by atoms with van der Waals surface area (Å²) < 4.78 is 5.06. The van der Waals surface area contributed by atoms with Gasteiger partial charge in [-0.25, -0.2) is 0 Å². The SMILES string of the molecule is COc1ccc([C@@H](C#N)N2CCC(=O)N2)cc1. The number of carbonyl (C=O) groups is 1. The summed E-state index contributed by atoms with van der Waals surface area (Å²) in [5, 5.41) is 10.8. The van der Waals surface area contributed by atoms with Gasteiger partial charge in [0.25, 0.3) is 0 Å². The third kappa shape index (κ3) is 2.37. The van der Waals surface area contributed by atoms with Crippen LogP contribution in [0.2, 0.25) is 0 Å². The molecule has 1 aliphatic heterocycles. The summed E-state index contributed by atoms with van der Waals surface area (Å²) in [6.07, 6.45) is 0.439. The molecule has 17 heavy (non-hydrogen) atoms. The second-order valence-electron chi connectivity index (χ2n) is 3.78. The summed E-state index contributed by atoms with van der Waals surface area (Å²) in [4.78, 5) is 11.1. The number of nitrogens with one attached hydrogen (secondary N) is 1. The van der Waals surface area contributed by atoms with Crippen LogP contribution in [0.15, 0.2) is 24.3 Å². The van der Waals surface area contributed by atoms with E-state index in [1.165, 1.54) is 0 Å². The Bertz CT molecular complexity index is 450. The molecule has 1 aromatic rings. The first-order chi connectivity index (χ1) is 8.24. The van der Waals surface area contributed by atoms with Gasteiger partial charge >= 0.3 is 0 Å². The van der Waals surface area contributed by atoms with Crippen molar-refractivity contribution in [2.45, 2.75) is 12.5 Å². The molecule has 1 heterocycles. The topological polar surface area (TPSA) is 65.4 Å². The standard InChI is InChI=1S/C12H13N3O2/c1-17-10-4-2-9(3-5-10)11(8-13)15-7-6-12(16)14-15/h2-5,11H,6-7H2,1H3,(H,14,16)/t11-/m1/s1. The van der Waals surface area contributed by atoms with Crippen molar-refractivity contribution in [3.8, 4) is 11.8 Å². The normalized spacial score (nSPS) is 17.3. The second-order valence-corrected chi connectivity index (χ2v) is 3.78. The molecule has 0 aromatic heterocycles. The molecule has 0 unspecified atom stereocenters. The minimum absolute atomic E-state index is 0.0428. The predicted molar refractivity (Wildman–Crippen MR) is 60.8 cm³/mol. The highest BCUT2D eigenvalue weighted by Gasteiger charge is 2.27. The third-order valence-electron chi connectivity index (χ3n) is 2.71.